The zero-order valence-electron chi connectivity index (χ0n) is 17.3. The summed E-state index contributed by atoms with van der Waals surface area (Å²) in [7, 11) is 1.39. The molecule has 1 aliphatic rings. The molecule has 0 saturated carbocycles. The standard InChI is InChI=1S/C23H24N4O4/c1-30-23(29)26-13-11-25(12-14-26)21-8-7-19(16-24-21)27-10-9-20(15-22(27)28)31-17-18-5-3-2-4-6-18/h2-10,15-16H,11-14,17H2,1H3. The average Bonchev–Trinajstić information content (AvgIpc) is 2.83. The number of aromatic nitrogens is 2. The van der Waals surface area contributed by atoms with Crippen LogP contribution in [0.25, 0.3) is 5.69 Å². The molecule has 0 N–H and O–H groups in total. The molecule has 1 aliphatic heterocycles. The van der Waals surface area contributed by atoms with E-state index in [1.165, 1.54) is 17.7 Å². The van der Waals surface area contributed by atoms with Crippen molar-refractivity contribution in [1.82, 2.24) is 14.5 Å². The normalized spacial score (nSPS) is 13.7. The lowest BCUT2D eigenvalue weighted by Crippen LogP contribution is -2.49. The van der Waals surface area contributed by atoms with Gasteiger partial charge in [0, 0.05) is 38.4 Å². The van der Waals surface area contributed by atoms with E-state index in [1.807, 2.05) is 42.5 Å². The van der Waals surface area contributed by atoms with Crippen molar-refractivity contribution in [1.29, 1.82) is 0 Å². The summed E-state index contributed by atoms with van der Waals surface area (Å²) in [5, 5.41) is 0. The van der Waals surface area contributed by atoms with Crippen molar-refractivity contribution in [3.63, 3.8) is 0 Å². The summed E-state index contributed by atoms with van der Waals surface area (Å²) in [6, 6.07) is 16.8. The SMILES string of the molecule is COC(=O)N1CCN(c2ccc(-n3ccc(OCc4ccccc4)cc3=O)cn2)CC1. The molecule has 8 nitrogen and oxygen atoms in total. The molecule has 0 unspecified atom stereocenters. The molecule has 3 heterocycles. The minimum absolute atomic E-state index is 0.188. The van der Waals surface area contributed by atoms with E-state index in [4.69, 9.17) is 9.47 Å². The Labute approximate surface area is 180 Å². The maximum Gasteiger partial charge on any atom is 0.409 e. The van der Waals surface area contributed by atoms with E-state index < -0.39 is 0 Å². The van der Waals surface area contributed by atoms with Crippen LogP contribution in [0.1, 0.15) is 5.56 Å². The minimum Gasteiger partial charge on any atom is -0.489 e. The lowest BCUT2D eigenvalue weighted by molar-refractivity contribution is 0.121. The maximum atomic E-state index is 12.6. The monoisotopic (exact) mass is 420 g/mol. The molecule has 0 radical (unpaired) electrons. The van der Waals surface area contributed by atoms with Gasteiger partial charge in [0.15, 0.2) is 0 Å². The molecule has 0 bridgehead atoms. The molecule has 1 fully saturated rings. The molecule has 0 aliphatic carbocycles. The molecule has 0 atom stereocenters. The molecule has 1 amide bonds. The van der Waals surface area contributed by atoms with Crippen molar-refractivity contribution >= 4 is 11.9 Å². The summed E-state index contributed by atoms with van der Waals surface area (Å²) in [5.41, 5.74) is 1.53. The molecule has 160 valence electrons. The second-order valence-corrected chi connectivity index (χ2v) is 7.16. The summed E-state index contributed by atoms with van der Waals surface area (Å²) in [4.78, 5) is 32.5. The van der Waals surface area contributed by atoms with Crippen molar-refractivity contribution in [2.24, 2.45) is 0 Å². The largest absolute Gasteiger partial charge is 0.489 e. The Bertz CT molecular complexity index is 1070. The third-order valence-corrected chi connectivity index (χ3v) is 5.19. The Hall–Kier alpha value is -3.81. The number of carbonyl (C=O) groups is 1. The Balaban J connectivity index is 1.40. The Morgan fingerprint density at radius 2 is 1.81 bits per heavy atom. The molecular weight excluding hydrogens is 396 g/mol. The number of methoxy groups -OCH3 is 1. The first-order valence-electron chi connectivity index (χ1n) is 10.1. The number of hydrogen-bond acceptors (Lipinski definition) is 6. The minimum atomic E-state index is -0.307. The van der Waals surface area contributed by atoms with Crippen molar-refractivity contribution < 1.29 is 14.3 Å². The predicted octanol–water partition coefficient (Wildman–Crippen LogP) is 2.70. The summed E-state index contributed by atoms with van der Waals surface area (Å²) >= 11 is 0. The van der Waals surface area contributed by atoms with Crippen LogP contribution in [-0.4, -0.2) is 53.8 Å². The zero-order chi connectivity index (χ0) is 21.6. The van der Waals surface area contributed by atoms with Gasteiger partial charge in [-0.2, -0.15) is 0 Å². The Morgan fingerprint density at radius 1 is 1.03 bits per heavy atom. The van der Waals surface area contributed by atoms with E-state index >= 15 is 0 Å². The highest BCUT2D eigenvalue weighted by molar-refractivity contribution is 5.67. The van der Waals surface area contributed by atoms with Gasteiger partial charge in [-0.25, -0.2) is 9.78 Å². The van der Waals surface area contributed by atoms with Crippen LogP contribution in [0.3, 0.4) is 0 Å². The van der Waals surface area contributed by atoms with Gasteiger partial charge in [0.05, 0.1) is 19.0 Å². The smallest absolute Gasteiger partial charge is 0.409 e. The van der Waals surface area contributed by atoms with E-state index in [0.29, 0.717) is 44.2 Å². The van der Waals surface area contributed by atoms with Crippen molar-refractivity contribution in [2.75, 3.05) is 38.2 Å². The van der Waals surface area contributed by atoms with Crippen LogP contribution in [0.2, 0.25) is 0 Å². The molecule has 2 aromatic heterocycles. The van der Waals surface area contributed by atoms with Crippen LogP contribution in [0.4, 0.5) is 10.6 Å². The lowest BCUT2D eigenvalue weighted by atomic mass is 10.2. The number of pyridine rings is 2. The third-order valence-electron chi connectivity index (χ3n) is 5.19. The van der Waals surface area contributed by atoms with Crippen LogP contribution >= 0.6 is 0 Å². The summed E-state index contributed by atoms with van der Waals surface area (Å²) in [5.74, 6) is 1.34. The van der Waals surface area contributed by atoms with Gasteiger partial charge in [-0.15, -0.1) is 0 Å². The number of anilines is 1. The highest BCUT2D eigenvalue weighted by Gasteiger charge is 2.22. The highest BCUT2D eigenvalue weighted by atomic mass is 16.5. The van der Waals surface area contributed by atoms with Gasteiger partial charge >= 0.3 is 6.09 Å². The summed E-state index contributed by atoms with van der Waals surface area (Å²) in [6.07, 6.45) is 3.06. The Morgan fingerprint density at radius 3 is 2.45 bits per heavy atom. The third kappa shape index (κ3) is 4.85. The number of rotatable bonds is 5. The van der Waals surface area contributed by atoms with E-state index in [9.17, 15) is 9.59 Å². The summed E-state index contributed by atoms with van der Waals surface area (Å²) in [6.45, 7) is 2.92. The van der Waals surface area contributed by atoms with Crippen LogP contribution in [0.5, 0.6) is 5.75 Å². The van der Waals surface area contributed by atoms with E-state index in [0.717, 1.165) is 11.4 Å². The number of nitrogens with zero attached hydrogens (tertiary/aromatic N) is 4. The molecule has 1 saturated heterocycles. The van der Waals surface area contributed by atoms with Gasteiger partial charge in [-0.3, -0.25) is 9.36 Å². The van der Waals surface area contributed by atoms with Gasteiger partial charge < -0.3 is 19.3 Å². The van der Waals surface area contributed by atoms with E-state index in [1.54, 1.807) is 23.4 Å². The lowest BCUT2D eigenvalue weighted by Gasteiger charge is -2.34. The quantitative estimate of drug-likeness (QED) is 0.632. The molecule has 1 aromatic carbocycles. The fraction of sp³-hybridized carbons (Fsp3) is 0.261. The highest BCUT2D eigenvalue weighted by Crippen LogP contribution is 2.17. The molecule has 8 heteroatoms. The van der Waals surface area contributed by atoms with Crippen molar-refractivity contribution in [3.05, 3.63) is 82.9 Å². The second kappa shape index (κ2) is 9.34. The summed E-state index contributed by atoms with van der Waals surface area (Å²) < 4.78 is 12.0. The molecular formula is C23H24N4O4. The maximum absolute atomic E-state index is 12.6. The number of piperazine rings is 1. The molecule has 31 heavy (non-hydrogen) atoms. The fourth-order valence-electron chi connectivity index (χ4n) is 3.46. The van der Waals surface area contributed by atoms with Crippen LogP contribution in [0.15, 0.2) is 71.8 Å². The first-order valence-corrected chi connectivity index (χ1v) is 10.1. The predicted molar refractivity (Wildman–Crippen MR) is 117 cm³/mol. The van der Waals surface area contributed by atoms with Crippen molar-refractivity contribution in [3.8, 4) is 11.4 Å². The number of amides is 1. The van der Waals surface area contributed by atoms with Crippen LogP contribution < -0.4 is 15.2 Å². The van der Waals surface area contributed by atoms with E-state index in [-0.39, 0.29) is 11.7 Å². The number of hydrogen-bond donors (Lipinski definition) is 0. The molecule has 3 aromatic rings. The first kappa shape index (κ1) is 20.5. The van der Waals surface area contributed by atoms with Gasteiger partial charge in [-0.1, -0.05) is 30.3 Å². The molecule has 4 rings (SSSR count). The zero-order valence-corrected chi connectivity index (χ0v) is 17.3. The van der Waals surface area contributed by atoms with Gasteiger partial charge in [-0.05, 0) is 23.8 Å². The average molecular weight is 420 g/mol. The second-order valence-electron chi connectivity index (χ2n) is 7.16. The van der Waals surface area contributed by atoms with Gasteiger partial charge in [0.25, 0.3) is 5.56 Å². The Kier molecular flexibility index (Phi) is 6.16. The number of benzene rings is 1. The van der Waals surface area contributed by atoms with Gasteiger partial charge in [0.2, 0.25) is 0 Å². The van der Waals surface area contributed by atoms with Crippen molar-refractivity contribution in [2.45, 2.75) is 6.61 Å². The van der Waals surface area contributed by atoms with Gasteiger partial charge in [0.1, 0.15) is 18.2 Å². The van der Waals surface area contributed by atoms with Crippen LogP contribution in [0, 0.1) is 0 Å². The van der Waals surface area contributed by atoms with E-state index in [2.05, 4.69) is 9.88 Å². The first-order chi connectivity index (χ1) is 15.1. The molecule has 0 spiro atoms. The topological polar surface area (TPSA) is 76.9 Å². The van der Waals surface area contributed by atoms with Crippen LogP contribution in [-0.2, 0) is 11.3 Å². The fourth-order valence-corrected chi connectivity index (χ4v) is 3.46. The number of ether oxygens (including phenoxy) is 2. The number of carbonyl (C=O) groups excluding carboxylic acids is 1.